The summed E-state index contributed by atoms with van der Waals surface area (Å²) in [5, 5.41) is 10.1. The molecule has 1 amide bonds. The lowest BCUT2D eigenvalue weighted by Gasteiger charge is -2.09. The molecule has 0 aliphatic carbocycles. The van der Waals surface area contributed by atoms with Crippen molar-refractivity contribution in [3.8, 4) is 11.3 Å². The molecule has 6 nitrogen and oxygen atoms in total. The molecule has 0 spiro atoms. The van der Waals surface area contributed by atoms with Gasteiger partial charge < -0.3 is 14.3 Å². The highest BCUT2D eigenvalue weighted by atomic mass is 35.5. The highest BCUT2D eigenvalue weighted by Crippen LogP contribution is 2.40. The zero-order chi connectivity index (χ0) is 24.3. The van der Waals surface area contributed by atoms with Crippen molar-refractivity contribution in [3.63, 3.8) is 0 Å². The predicted octanol–water partition coefficient (Wildman–Crippen LogP) is 6.42. The van der Waals surface area contributed by atoms with Gasteiger partial charge >= 0.3 is 12.1 Å². The molecule has 0 atom stereocenters. The maximum Gasteiger partial charge on any atom is 0.417 e. The van der Waals surface area contributed by atoms with E-state index in [1.807, 2.05) is 0 Å². The van der Waals surface area contributed by atoms with E-state index < -0.39 is 34.4 Å². The zero-order valence-corrected chi connectivity index (χ0v) is 18.9. The van der Waals surface area contributed by atoms with E-state index >= 15 is 0 Å². The molecule has 0 unspecified atom stereocenters. The third-order valence-electron chi connectivity index (χ3n) is 4.36. The summed E-state index contributed by atoms with van der Waals surface area (Å²) in [5.74, 6) is -1.44. The second kappa shape index (κ2) is 9.88. The molecular formula is C22H17ClF3NO5S. The molecule has 0 saturated carbocycles. The Bertz CT molecular complexity index is 1200. The van der Waals surface area contributed by atoms with Gasteiger partial charge in [0.15, 0.2) is 0 Å². The third-order valence-corrected chi connectivity index (χ3v) is 5.70. The zero-order valence-electron chi connectivity index (χ0n) is 17.3. The minimum absolute atomic E-state index is 0.0108. The first-order valence-electron chi connectivity index (χ1n) is 9.64. The van der Waals surface area contributed by atoms with Gasteiger partial charge in [-0.2, -0.15) is 13.2 Å². The maximum absolute atomic E-state index is 13.1. The number of hydrogen-bond donors (Lipinski definition) is 1. The van der Waals surface area contributed by atoms with E-state index in [-0.39, 0.29) is 45.6 Å². The number of carbonyl (C=O) groups excluding carboxylic acids is 2. The van der Waals surface area contributed by atoms with Crippen molar-refractivity contribution in [3.05, 3.63) is 62.9 Å². The van der Waals surface area contributed by atoms with Gasteiger partial charge in [0.2, 0.25) is 5.91 Å². The van der Waals surface area contributed by atoms with Gasteiger partial charge in [-0.05, 0) is 43.3 Å². The normalized spacial score (nSPS) is 16.7. The van der Waals surface area contributed by atoms with Crippen molar-refractivity contribution >= 4 is 46.4 Å². The first-order valence-corrected chi connectivity index (χ1v) is 10.8. The number of ether oxygens (including phenoxy) is 1. The second-order valence-electron chi connectivity index (χ2n) is 6.61. The van der Waals surface area contributed by atoms with Crippen LogP contribution in [0.15, 0.2) is 56.0 Å². The van der Waals surface area contributed by atoms with Crippen LogP contribution in [0.4, 0.5) is 13.2 Å². The topological polar surface area (TPSA) is 89.1 Å². The van der Waals surface area contributed by atoms with Crippen LogP contribution in [0.25, 0.3) is 17.4 Å². The van der Waals surface area contributed by atoms with Gasteiger partial charge in [-0.15, -0.1) is 0 Å². The van der Waals surface area contributed by atoms with E-state index in [0.717, 1.165) is 23.9 Å². The van der Waals surface area contributed by atoms with Crippen molar-refractivity contribution in [2.24, 2.45) is 4.99 Å². The number of aliphatic imine (C=N–C) groups is 1. The van der Waals surface area contributed by atoms with Crippen LogP contribution in [0.1, 0.15) is 31.6 Å². The van der Waals surface area contributed by atoms with Crippen molar-refractivity contribution in [1.29, 1.82) is 0 Å². The minimum Gasteiger partial charge on any atom is -0.506 e. The van der Waals surface area contributed by atoms with E-state index in [0.29, 0.717) is 0 Å². The monoisotopic (exact) mass is 499 g/mol. The van der Waals surface area contributed by atoms with E-state index in [1.165, 1.54) is 24.3 Å². The minimum atomic E-state index is -4.63. The Morgan fingerprint density at radius 2 is 1.97 bits per heavy atom. The molecule has 0 fully saturated rings. The molecule has 33 heavy (non-hydrogen) atoms. The number of rotatable bonds is 5. The second-order valence-corrected chi connectivity index (χ2v) is 8.05. The fourth-order valence-corrected chi connectivity index (χ4v) is 4.03. The molecule has 1 aromatic carbocycles. The Hall–Kier alpha value is -2.98. The van der Waals surface area contributed by atoms with Crippen LogP contribution in [0, 0.1) is 0 Å². The summed E-state index contributed by atoms with van der Waals surface area (Å²) in [4.78, 5) is 28.0. The quantitative estimate of drug-likeness (QED) is 0.478. The molecule has 11 heteroatoms. The van der Waals surface area contributed by atoms with Gasteiger partial charge in [-0.3, -0.25) is 4.79 Å². The lowest BCUT2D eigenvalue weighted by atomic mass is 10.1. The average molecular weight is 500 g/mol. The smallest absolute Gasteiger partial charge is 0.417 e. The molecule has 1 aliphatic heterocycles. The number of alkyl halides is 3. The number of hydrogen-bond acceptors (Lipinski definition) is 6. The standard InChI is InChI=1S/C22H17ClF3NO5S/c1-3-17(28)27-20-18(21(30)31-4-2)19(29)16(33-20)10-12-6-8-15(32-12)11-5-7-14(23)13(9-11)22(24,25)26/h5-10,29H,3-4H2,1-2H3/b16-10-,27-20?. The van der Waals surface area contributed by atoms with Gasteiger partial charge in [0.1, 0.15) is 27.9 Å². The van der Waals surface area contributed by atoms with Crippen molar-refractivity contribution in [2.75, 3.05) is 6.61 Å². The van der Waals surface area contributed by atoms with Crippen LogP contribution in [0.2, 0.25) is 5.02 Å². The Morgan fingerprint density at radius 1 is 1.24 bits per heavy atom. The Kier molecular flexibility index (Phi) is 7.38. The summed E-state index contributed by atoms with van der Waals surface area (Å²) < 4.78 is 50.0. The molecule has 2 heterocycles. The van der Waals surface area contributed by atoms with Gasteiger partial charge in [0.05, 0.1) is 22.1 Å². The van der Waals surface area contributed by atoms with E-state index in [2.05, 4.69) is 4.99 Å². The van der Waals surface area contributed by atoms with Gasteiger partial charge in [0.25, 0.3) is 0 Å². The van der Waals surface area contributed by atoms with Crippen LogP contribution in [0.5, 0.6) is 0 Å². The molecule has 0 saturated heterocycles. The molecule has 1 N–H and O–H groups in total. The number of aliphatic hydroxyl groups is 1. The SMILES string of the molecule is CCOC(=O)C1=C(O)/C(=C/c2ccc(-c3ccc(Cl)c(C(F)(F)F)c3)o2)SC1=NC(=O)CC. The van der Waals surface area contributed by atoms with Crippen LogP contribution in [0.3, 0.4) is 0 Å². The number of amides is 1. The molecule has 0 radical (unpaired) electrons. The fourth-order valence-electron chi connectivity index (χ4n) is 2.79. The van der Waals surface area contributed by atoms with Gasteiger partial charge in [0, 0.05) is 12.0 Å². The number of benzene rings is 1. The summed E-state index contributed by atoms with van der Waals surface area (Å²) in [6.45, 7) is 3.24. The maximum atomic E-state index is 13.1. The molecule has 174 valence electrons. The summed E-state index contributed by atoms with van der Waals surface area (Å²) >= 11 is 6.53. The fraction of sp³-hybridized carbons (Fsp3) is 0.227. The Labute approximate surface area is 195 Å². The number of nitrogens with zero attached hydrogens (tertiary/aromatic N) is 1. The lowest BCUT2D eigenvalue weighted by Crippen LogP contribution is -2.14. The first kappa shape index (κ1) is 24.7. The Balaban J connectivity index is 1.97. The summed E-state index contributed by atoms with van der Waals surface area (Å²) in [6.07, 6.45) is -3.15. The average Bonchev–Trinajstić information content (AvgIpc) is 3.32. The number of halogens is 4. The molecule has 1 aromatic heterocycles. The molecular weight excluding hydrogens is 483 g/mol. The third kappa shape index (κ3) is 5.51. The van der Waals surface area contributed by atoms with Gasteiger partial charge in [-0.25, -0.2) is 9.79 Å². The predicted molar refractivity (Wildman–Crippen MR) is 119 cm³/mol. The summed E-state index contributed by atoms with van der Waals surface area (Å²) in [7, 11) is 0. The summed E-state index contributed by atoms with van der Waals surface area (Å²) in [5.41, 5.74) is -1.09. The Morgan fingerprint density at radius 3 is 2.61 bits per heavy atom. The summed E-state index contributed by atoms with van der Waals surface area (Å²) in [6, 6.07) is 6.32. The highest BCUT2D eigenvalue weighted by molar-refractivity contribution is 8.18. The number of furan rings is 1. The highest BCUT2D eigenvalue weighted by Gasteiger charge is 2.35. The van der Waals surface area contributed by atoms with Gasteiger partial charge in [-0.1, -0.05) is 30.3 Å². The van der Waals surface area contributed by atoms with E-state index in [4.69, 9.17) is 20.8 Å². The first-order chi connectivity index (χ1) is 15.5. The number of aliphatic hydroxyl groups excluding tert-OH is 1. The molecule has 1 aliphatic rings. The van der Waals surface area contributed by atoms with Crippen molar-refractivity contribution < 1.29 is 37.0 Å². The molecule has 2 aromatic rings. The van der Waals surface area contributed by atoms with E-state index in [9.17, 15) is 27.9 Å². The number of carbonyl (C=O) groups is 2. The van der Waals surface area contributed by atoms with Crippen LogP contribution < -0.4 is 0 Å². The molecule has 0 bridgehead atoms. The van der Waals surface area contributed by atoms with Crippen LogP contribution in [-0.2, 0) is 20.5 Å². The van der Waals surface area contributed by atoms with Crippen molar-refractivity contribution in [2.45, 2.75) is 26.4 Å². The molecule has 3 rings (SSSR count). The van der Waals surface area contributed by atoms with Crippen LogP contribution >= 0.6 is 23.4 Å². The van der Waals surface area contributed by atoms with E-state index in [1.54, 1.807) is 13.8 Å². The number of thioether (sulfide) groups is 1. The largest absolute Gasteiger partial charge is 0.506 e. The van der Waals surface area contributed by atoms with Crippen LogP contribution in [-0.4, -0.2) is 28.6 Å². The van der Waals surface area contributed by atoms with Crippen molar-refractivity contribution in [1.82, 2.24) is 0 Å². The lowest BCUT2D eigenvalue weighted by molar-refractivity contribution is -0.138. The number of esters is 1.